The highest BCUT2D eigenvalue weighted by atomic mass is 32.2. The number of sulfonamides is 1. The summed E-state index contributed by atoms with van der Waals surface area (Å²) in [4.78, 5) is 16.4. The van der Waals surface area contributed by atoms with Crippen molar-refractivity contribution in [2.45, 2.75) is 31.8 Å². The fraction of sp³-hybridized carbons (Fsp3) is 0.286. The van der Waals surface area contributed by atoms with Crippen LogP contribution in [0.5, 0.6) is 5.75 Å². The zero-order valence-electron chi connectivity index (χ0n) is 17.8. The summed E-state index contributed by atoms with van der Waals surface area (Å²) in [7, 11) is -2.38. The predicted molar refractivity (Wildman–Crippen MR) is 121 cm³/mol. The molecule has 0 saturated carbocycles. The molecule has 0 radical (unpaired) electrons. The maximum absolute atomic E-state index is 13.1. The number of ether oxygens (including phenoxy) is 1. The van der Waals surface area contributed by atoms with Gasteiger partial charge in [-0.15, -0.1) is 0 Å². The molecule has 0 spiro atoms. The summed E-state index contributed by atoms with van der Waals surface area (Å²) in [6, 6.07) is 11.9. The lowest BCUT2D eigenvalue weighted by Gasteiger charge is -2.15. The lowest BCUT2D eigenvalue weighted by molar-refractivity contribution is 0.336. The predicted octanol–water partition coefficient (Wildman–Crippen LogP) is 3.35. The lowest BCUT2D eigenvalue weighted by Crippen LogP contribution is -2.26. The molecule has 9 nitrogen and oxygen atoms in total. The van der Waals surface area contributed by atoms with Crippen LogP contribution in [-0.4, -0.2) is 41.1 Å². The van der Waals surface area contributed by atoms with Crippen molar-refractivity contribution in [1.29, 1.82) is 0 Å². The van der Waals surface area contributed by atoms with Gasteiger partial charge in [0.25, 0.3) is 0 Å². The smallest absolute Gasteiger partial charge is 0.308 e. The molecule has 2 aromatic heterocycles. The monoisotopic (exact) mass is 474 g/mol. The summed E-state index contributed by atoms with van der Waals surface area (Å²) < 4.78 is 40.2. The van der Waals surface area contributed by atoms with E-state index in [4.69, 9.17) is 9.26 Å². The minimum Gasteiger partial charge on any atom is -0.494 e. The number of thiazole rings is 1. The van der Waals surface area contributed by atoms with E-state index in [2.05, 4.69) is 10.1 Å². The second-order valence-electron chi connectivity index (χ2n) is 6.97. The molecular weight excluding hydrogens is 452 g/mol. The number of fused-ring (bicyclic) bond motifs is 1. The van der Waals surface area contributed by atoms with E-state index in [0.29, 0.717) is 23.7 Å². The van der Waals surface area contributed by atoms with Gasteiger partial charge in [0, 0.05) is 19.2 Å². The zero-order valence-corrected chi connectivity index (χ0v) is 19.4. The van der Waals surface area contributed by atoms with Gasteiger partial charge in [0.05, 0.1) is 28.3 Å². The average Bonchev–Trinajstić information content (AvgIpc) is 3.37. The van der Waals surface area contributed by atoms with Crippen LogP contribution in [0.1, 0.15) is 19.7 Å². The van der Waals surface area contributed by atoms with Gasteiger partial charge >= 0.3 is 4.87 Å². The van der Waals surface area contributed by atoms with E-state index in [1.165, 1.54) is 19.2 Å². The first-order valence-corrected chi connectivity index (χ1v) is 12.2. The van der Waals surface area contributed by atoms with Gasteiger partial charge in [0.2, 0.25) is 21.7 Å². The van der Waals surface area contributed by atoms with E-state index in [0.717, 1.165) is 32.5 Å². The van der Waals surface area contributed by atoms with E-state index in [1.807, 2.05) is 38.1 Å². The fourth-order valence-electron chi connectivity index (χ4n) is 3.27. The van der Waals surface area contributed by atoms with E-state index in [1.54, 1.807) is 10.6 Å². The first-order valence-electron chi connectivity index (χ1n) is 9.99. The number of hydrogen-bond acceptors (Lipinski definition) is 8. The molecule has 0 saturated heterocycles. The van der Waals surface area contributed by atoms with Crippen molar-refractivity contribution in [3.63, 3.8) is 0 Å². The van der Waals surface area contributed by atoms with Gasteiger partial charge in [0.1, 0.15) is 5.75 Å². The van der Waals surface area contributed by atoms with Crippen molar-refractivity contribution in [3.8, 4) is 17.1 Å². The Morgan fingerprint density at radius 1 is 1.16 bits per heavy atom. The van der Waals surface area contributed by atoms with Crippen molar-refractivity contribution in [3.05, 3.63) is 58.0 Å². The third-order valence-electron chi connectivity index (χ3n) is 4.91. The second-order valence-corrected chi connectivity index (χ2v) is 10.0. The van der Waals surface area contributed by atoms with Gasteiger partial charge < -0.3 is 9.26 Å². The number of hydrogen-bond donors (Lipinski definition) is 0. The first-order chi connectivity index (χ1) is 15.3. The normalized spacial score (nSPS) is 12.0. The number of nitrogens with zero attached hydrogens (tertiary/aromatic N) is 4. The molecule has 0 bridgehead atoms. The average molecular weight is 475 g/mol. The van der Waals surface area contributed by atoms with E-state index in [9.17, 15) is 13.2 Å². The fourth-order valence-corrected chi connectivity index (χ4v) is 5.48. The van der Waals surface area contributed by atoms with Crippen LogP contribution in [0.2, 0.25) is 0 Å². The van der Waals surface area contributed by atoms with Crippen LogP contribution in [0.25, 0.3) is 21.6 Å². The quantitative estimate of drug-likeness (QED) is 0.385. The Kier molecular flexibility index (Phi) is 6.13. The van der Waals surface area contributed by atoms with Gasteiger partial charge in [-0.25, -0.2) is 8.42 Å². The molecule has 0 aliphatic rings. The van der Waals surface area contributed by atoms with Gasteiger partial charge in [-0.1, -0.05) is 16.5 Å². The molecule has 0 fully saturated rings. The molecule has 0 atom stereocenters. The van der Waals surface area contributed by atoms with E-state index in [-0.39, 0.29) is 22.2 Å². The molecule has 11 heteroatoms. The Labute approximate surface area is 188 Å². The molecule has 0 aliphatic heterocycles. The summed E-state index contributed by atoms with van der Waals surface area (Å²) >= 11 is 1.03. The molecule has 2 aromatic carbocycles. The third kappa shape index (κ3) is 4.18. The Balaban J connectivity index is 1.54. The molecule has 32 heavy (non-hydrogen) atoms. The van der Waals surface area contributed by atoms with Gasteiger partial charge in [-0.3, -0.25) is 9.36 Å². The van der Waals surface area contributed by atoms with Crippen LogP contribution in [0.15, 0.2) is 56.7 Å². The maximum atomic E-state index is 13.1. The molecule has 4 rings (SSSR count). The molecular formula is C21H22N4O5S2. The van der Waals surface area contributed by atoms with Gasteiger partial charge in [-0.2, -0.15) is 9.29 Å². The number of aromatic nitrogens is 3. The number of rotatable bonds is 8. The van der Waals surface area contributed by atoms with Crippen LogP contribution in [-0.2, 0) is 23.1 Å². The maximum Gasteiger partial charge on any atom is 0.308 e. The topological polar surface area (TPSA) is 108 Å². The van der Waals surface area contributed by atoms with Crippen LogP contribution >= 0.6 is 11.3 Å². The van der Waals surface area contributed by atoms with Crippen LogP contribution < -0.4 is 9.61 Å². The van der Waals surface area contributed by atoms with Crippen molar-refractivity contribution < 1.29 is 17.7 Å². The molecule has 0 unspecified atom stereocenters. The number of benzene rings is 2. The molecule has 0 N–H and O–H groups in total. The highest BCUT2D eigenvalue weighted by Crippen LogP contribution is 2.25. The van der Waals surface area contributed by atoms with Crippen molar-refractivity contribution in [1.82, 2.24) is 19.0 Å². The highest BCUT2D eigenvalue weighted by Gasteiger charge is 2.24. The summed E-state index contributed by atoms with van der Waals surface area (Å²) in [5.74, 6) is 1.27. The number of aryl methyl sites for hydroxylation is 1. The van der Waals surface area contributed by atoms with E-state index >= 15 is 0 Å². The third-order valence-corrected chi connectivity index (χ3v) is 7.65. The van der Waals surface area contributed by atoms with Crippen LogP contribution in [0.4, 0.5) is 0 Å². The Morgan fingerprint density at radius 2 is 1.91 bits per heavy atom. The summed E-state index contributed by atoms with van der Waals surface area (Å²) in [5, 5.41) is 3.95. The summed E-state index contributed by atoms with van der Waals surface area (Å²) in [6.45, 7) is 4.79. The molecule has 4 aromatic rings. The minimum absolute atomic E-state index is 0.0867. The lowest BCUT2D eigenvalue weighted by atomic mass is 10.2. The standard InChI is InChI=1S/C21H22N4O5S2/c1-4-25-17-11-10-16(12-18(17)31-21(25)26)32(27,28)24(3)13-19-22-20(23-30-19)14-6-8-15(9-7-14)29-5-2/h6-12H,4-5,13H2,1-3H3. The minimum atomic E-state index is -3.82. The highest BCUT2D eigenvalue weighted by molar-refractivity contribution is 7.89. The molecule has 0 aliphatic carbocycles. The molecule has 0 amide bonds. The second kappa shape index (κ2) is 8.85. The van der Waals surface area contributed by atoms with Crippen molar-refractivity contribution >= 4 is 31.6 Å². The Hall–Kier alpha value is -3.02. The van der Waals surface area contributed by atoms with Crippen LogP contribution in [0, 0.1) is 0 Å². The molecule has 2 heterocycles. The summed E-state index contributed by atoms with van der Waals surface area (Å²) in [6.07, 6.45) is 0. The van der Waals surface area contributed by atoms with E-state index < -0.39 is 10.0 Å². The van der Waals surface area contributed by atoms with Crippen molar-refractivity contribution in [2.24, 2.45) is 0 Å². The van der Waals surface area contributed by atoms with Crippen molar-refractivity contribution in [2.75, 3.05) is 13.7 Å². The van der Waals surface area contributed by atoms with Gasteiger partial charge in [0.15, 0.2) is 0 Å². The zero-order chi connectivity index (χ0) is 22.9. The first kappa shape index (κ1) is 22.2. The van der Waals surface area contributed by atoms with Gasteiger partial charge in [-0.05, 0) is 56.3 Å². The summed E-state index contributed by atoms with van der Waals surface area (Å²) in [5.41, 5.74) is 1.45. The Bertz CT molecular complexity index is 1400. The molecule has 168 valence electrons. The van der Waals surface area contributed by atoms with Crippen LogP contribution in [0.3, 0.4) is 0 Å². The largest absolute Gasteiger partial charge is 0.494 e. The SMILES string of the molecule is CCOc1ccc(-c2noc(CN(C)S(=O)(=O)c3ccc4c(c3)sc(=O)n4CC)n2)cc1. The Morgan fingerprint density at radius 3 is 2.59 bits per heavy atom.